The minimum Gasteiger partial charge on any atom is -0.494 e. The smallest absolute Gasteiger partial charge is 0.328 e. The maximum absolute atomic E-state index is 13.2. The van der Waals surface area contributed by atoms with E-state index in [2.05, 4.69) is 47.9 Å². The van der Waals surface area contributed by atoms with Gasteiger partial charge < -0.3 is 15.4 Å². The van der Waals surface area contributed by atoms with Crippen molar-refractivity contribution >= 4 is 71.9 Å². The molecule has 4 aromatic rings. The Kier molecular flexibility index (Phi) is 7.76. The van der Waals surface area contributed by atoms with Gasteiger partial charge in [0.25, 0.3) is 5.91 Å². The van der Waals surface area contributed by atoms with Gasteiger partial charge >= 0.3 is 11.8 Å². The molecule has 0 spiro atoms. The number of ether oxygens (including phenoxy) is 1. The Hall–Kier alpha value is -3.63. The van der Waals surface area contributed by atoms with Gasteiger partial charge in [0.05, 0.1) is 12.1 Å². The van der Waals surface area contributed by atoms with Crippen LogP contribution in [0.4, 0.5) is 11.4 Å². The third kappa shape index (κ3) is 5.77. The van der Waals surface area contributed by atoms with Gasteiger partial charge in [0.2, 0.25) is 0 Å². The molecule has 3 amide bonds. The monoisotopic (exact) mass is 612 g/mol. The number of nitrogens with zero attached hydrogens (tertiary/aromatic N) is 1. The number of carbonyl (C=O) groups excluding carboxylic acids is 3. The highest BCUT2D eigenvalue weighted by atomic mass is 79.9. The highest BCUT2D eigenvalue weighted by Gasteiger charge is 2.21. The van der Waals surface area contributed by atoms with Gasteiger partial charge in [-0.05, 0) is 86.1 Å². The van der Waals surface area contributed by atoms with Crippen molar-refractivity contribution in [2.24, 2.45) is 0 Å². The lowest BCUT2D eigenvalue weighted by atomic mass is 10.2. The van der Waals surface area contributed by atoms with Crippen LogP contribution in [0.25, 0.3) is 10.9 Å². The van der Waals surface area contributed by atoms with Gasteiger partial charge in [0, 0.05) is 25.7 Å². The number of fused-ring (bicyclic) bond motifs is 1. The summed E-state index contributed by atoms with van der Waals surface area (Å²) >= 11 is 6.80. The lowest BCUT2D eigenvalue weighted by molar-refractivity contribution is -0.133. The number of aryl methyl sites for hydroxylation is 1. The molecular formula is C26H22Br2N4O4. The van der Waals surface area contributed by atoms with Crippen LogP contribution in [0.3, 0.4) is 0 Å². The van der Waals surface area contributed by atoms with Gasteiger partial charge in [0.15, 0.2) is 0 Å². The number of halogens is 2. The van der Waals surface area contributed by atoms with E-state index in [1.807, 2.05) is 26.0 Å². The fraction of sp³-hybridized carbons (Fsp3) is 0.115. The Morgan fingerprint density at radius 3 is 2.25 bits per heavy atom. The van der Waals surface area contributed by atoms with Crippen molar-refractivity contribution in [3.05, 3.63) is 86.9 Å². The van der Waals surface area contributed by atoms with Crippen LogP contribution in [0.1, 0.15) is 23.0 Å². The molecule has 0 unspecified atom stereocenters. The van der Waals surface area contributed by atoms with Crippen LogP contribution in [-0.2, 0) is 9.59 Å². The molecule has 0 radical (unpaired) electrons. The number of hydrogen-bond acceptors (Lipinski definition) is 4. The minimum absolute atomic E-state index is 0.151. The van der Waals surface area contributed by atoms with Crippen LogP contribution in [0.2, 0.25) is 0 Å². The number of hydrogen-bond donors (Lipinski definition) is 3. The second-order valence-corrected chi connectivity index (χ2v) is 9.67. The average Bonchev–Trinajstić information content (AvgIpc) is 3.19. The number of anilines is 2. The van der Waals surface area contributed by atoms with Gasteiger partial charge in [-0.25, -0.2) is 4.68 Å². The van der Waals surface area contributed by atoms with E-state index in [0.29, 0.717) is 34.6 Å². The zero-order valence-corrected chi connectivity index (χ0v) is 22.6. The van der Waals surface area contributed by atoms with Crippen molar-refractivity contribution in [3.63, 3.8) is 0 Å². The number of aromatic nitrogens is 1. The van der Waals surface area contributed by atoms with E-state index in [4.69, 9.17) is 4.74 Å². The van der Waals surface area contributed by atoms with Crippen molar-refractivity contribution in [2.75, 3.05) is 22.7 Å². The molecule has 4 rings (SSSR count). The SMILES string of the molecule is CCOc1ccc(NC(=O)c2cc3cc(Br)ccc3n2NC(=O)C(=O)Nc2ccc(Br)cc2C)cc1. The molecular weight excluding hydrogens is 592 g/mol. The van der Waals surface area contributed by atoms with Crippen LogP contribution in [0.15, 0.2) is 75.7 Å². The van der Waals surface area contributed by atoms with E-state index in [0.717, 1.165) is 14.5 Å². The van der Waals surface area contributed by atoms with E-state index >= 15 is 0 Å². The molecule has 0 aliphatic heterocycles. The fourth-order valence-electron chi connectivity index (χ4n) is 3.57. The summed E-state index contributed by atoms with van der Waals surface area (Å²) in [6, 6.07) is 19.2. The van der Waals surface area contributed by atoms with Crippen molar-refractivity contribution in [1.29, 1.82) is 0 Å². The normalized spacial score (nSPS) is 10.7. The Morgan fingerprint density at radius 2 is 1.56 bits per heavy atom. The van der Waals surface area contributed by atoms with Gasteiger partial charge in [-0.1, -0.05) is 31.9 Å². The topological polar surface area (TPSA) is 101 Å². The highest BCUT2D eigenvalue weighted by Crippen LogP contribution is 2.25. The Labute approximate surface area is 224 Å². The van der Waals surface area contributed by atoms with Crippen LogP contribution in [0, 0.1) is 6.92 Å². The maximum Gasteiger partial charge on any atom is 0.328 e. The lowest BCUT2D eigenvalue weighted by Gasteiger charge is -2.13. The number of amides is 3. The van der Waals surface area contributed by atoms with Crippen molar-refractivity contribution in [2.45, 2.75) is 13.8 Å². The van der Waals surface area contributed by atoms with Crippen LogP contribution >= 0.6 is 31.9 Å². The number of nitrogens with one attached hydrogen (secondary N) is 3. The van der Waals surface area contributed by atoms with E-state index in [1.54, 1.807) is 54.6 Å². The summed E-state index contributed by atoms with van der Waals surface area (Å²) in [6.07, 6.45) is 0. The number of rotatable bonds is 6. The molecule has 0 aliphatic rings. The molecule has 0 bridgehead atoms. The van der Waals surface area contributed by atoms with E-state index in [1.165, 1.54) is 4.68 Å². The molecule has 0 aliphatic carbocycles. The predicted octanol–water partition coefficient (Wildman–Crippen LogP) is 5.83. The maximum atomic E-state index is 13.2. The second kappa shape index (κ2) is 11.0. The van der Waals surface area contributed by atoms with E-state index < -0.39 is 17.7 Å². The summed E-state index contributed by atoms with van der Waals surface area (Å²) in [7, 11) is 0. The predicted molar refractivity (Wildman–Crippen MR) is 147 cm³/mol. The van der Waals surface area contributed by atoms with Crippen LogP contribution in [-0.4, -0.2) is 29.0 Å². The quantitative estimate of drug-likeness (QED) is 0.238. The first-order valence-electron chi connectivity index (χ1n) is 11.0. The number of carbonyl (C=O) groups is 3. The van der Waals surface area contributed by atoms with E-state index in [9.17, 15) is 14.4 Å². The zero-order valence-electron chi connectivity index (χ0n) is 19.4. The summed E-state index contributed by atoms with van der Waals surface area (Å²) < 4.78 is 8.40. The zero-order chi connectivity index (χ0) is 25.8. The molecule has 8 nitrogen and oxygen atoms in total. The molecule has 0 saturated heterocycles. The standard InChI is InChI=1S/C26H22Br2N4O4/c1-3-36-20-8-6-19(7-9-20)29-24(33)23-14-16-13-18(28)5-11-22(16)32(23)31-26(35)25(34)30-21-10-4-17(27)12-15(21)2/h4-14H,3H2,1-2H3,(H,29,33)(H,30,34)(H,31,35). The lowest BCUT2D eigenvalue weighted by Crippen LogP contribution is -2.36. The molecule has 0 saturated carbocycles. The molecule has 0 atom stereocenters. The van der Waals surface area contributed by atoms with Gasteiger partial charge in [-0.3, -0.25) is 19.8 Å². The van der Waals surface area contributed by atoms with Crippen molar-refractivity contribution < 1.29 is 19.1 Å². The molecule has 0 fully saturated rings. The Bertz CT molecular complexity index is 1470. The number of benzene rings is 3. The van der Waals surface area contributed by atoms with E-state index in [-0.39, 0.29) is 5.69 Å². The third-order valence-electron chi connectivity index (χ3n) is 5.28. The first kappa shape index (κ1) is 25.5. The van der Waals surface area contributed by atoms with Gasteiger partial charge in [-0.15, -0.1) is 0 Å². The first-order valence-corrected chi connectivity index (χ1v) is 12.6. The molecule has 3 N–H and O–H groups in total. The summed E-state index contributed by atoms with van der Waals surface area (Å²) in [5, 5.41) is 6.12. The summed E-state index contributed by atoms with van der Waals surface area (Å²) in [5.74, 6) is -1.56. The second-order valence-electron chi connectivity index (χ2n) is 7.83. The van der Waals surface area contributed by atoms with Crippen molar-refractivity contribution in [1.82, 2.24) is 4.68 Å². The highest BCUT2D eigenvalue weighted by molar-refractivity contribution is 9.10. The Morgan fingerprint density at radius 1 is 0.861 bits per heavy atom. The summed E-state index contributed by atoms with van der Waals surface area (Å²) in [5.41, 5.74) is 5.11. The van der Waals surface area contributed by atoms with Gasteiger partial charge in [-0.2, -0.15) is 0 Å². The molecule has 3 aromatic carbocycles. The first-order chi connectivity index (χ1) is 17.2. The molecule has 1 aromatic heterocycles. The molecule has 10 heteroatoms. The van der Waals surface area contributed by atoms with Crippen LogP contribution < -0.4 is 20.8 Å². The third-order valence-corrected chi connectivity index (χ3v) is 6.26. The van der Waals surface area contributed by atoms with Crippen molar-refractivity contribution in [3.8, 4) is 5.75 Å². The van der Waals surface area contributed by atoms with Gasteiger partial charge in [0.1, 0.15) is 11.4 Å². The summed E-state index contributed by atoms with van der Waals surface area (Å²) in [4.78, 5) is 38.7. The van der Waals surface area contributed by atoms with Crippen LogP contribution in [0.5, 0.6) is 5.75 Å². The minimum atomic E-state index is -0.923. The molecule has 184 valence electrons. The fourth-order valence-corrected chi connectivity index (χ4v) is 4.42. The summed E-state index contributed by atoms with van der Waals surface area (Å²) in [6.45, 7) is 4.25. The molecule has 1 heterocycles. The largest absolute Gasteiger partial charge is 0.494 e. The molecule has 36 heavy (non-hydrogen) atoms. The average molecular weight is 614 g/mol. The Balaban J connectivity index is 1.59.